The monoisotopic (exact) mass is 195 g/mol. The van der Waals surface area contributed by atoms with E-state index in [1.807, 2.05) is 0 Å². The van der Waals surface area contributed by atoms with Crippen molar-refractivity contribution in [3.05, 3.63) is 0 Å². The lowest BCUT2D eigenvalue weighted by Crippen LogP contribution is -2.44. The molecule has 0 aromatic carbocycles. The van der Waals surface area contributed by atoms with Crippen molar-refractivity contribution in [2.75, 3.05) is 0 Å². The van der Waals surface area contributed by atoms with Gasteiger partial charge in [0.1, 0.15) is 0 Å². The Hall–Kier alpha value is -0.0400. The summed E-state index contributed by atoms with van der Waals surface area (Å²) >= 11 is 0. The fourth-order valence-electron chi connectivity index (χ4n) is 3.21. The normalized spacial score (nSPS) is 40.3. The summed E-state index contributed by atoms with van der Waals surface area (Å²) in [6.45, 7) is 4.86. The van der Waals surface area contributed by atoms with Crippen LogP contribution in [0.5, 0.6) is 0 Å². The molecule has 0 saturated heterocycles. The molecule has 0 radical (unpaired) electrons. The molecule has 0 aromatic heterocycles. The Kier molecular flexibility index (Phi) is 3.48. The van der Waals surface area contributed by atoms with Gasteiger partial charge in [-0.3, -0.25) is 0 Å². The molecular formula is C13H25N. The molecule has 2 aliphatic rings. The van der Waals surface area contributed by atoms with Crippen molar-refractivity contribution in [2.45, 2.75) is 70.9 Å². The highest BCUT2D eigenvalue weighted by atomic mass is 15.0. The van der Waals surface area contributed by atoms with Crippen LogP contribution in [0.3, 0.4) is 0 Å². The van der Waals surface area contributed by atoms with Crippen LogP contribution in [0.4, 0.5) is 0 Å². The van der Waals surface area contributed by atoms with Crippen molar-refractivity contribution in [3.8, 4) is 0 Å². The first-order valence-corrected chi connectivity index (χ1v) is 6.53. The molecule has 3 unspecified atom stereocenters. The minimum absolute atomic E-state index is 0.821. The van der Waals surface area contributed by atoms with E-state index in [4.69, 9.17) is 0 Å². The van der Waals surface area contributed by atoms with E-state index < -0.39 is 0 Å². The van der Waals surface area contributed by atoms with Gasteiger partial charge in [0.15, 0.2) is 0 Å². The lowest BCUT2D eigenvalue weighted by molar-refractivity contribution is 0.194. The third kappa shape index (κ3) is 2.31. The molecule has 0 aliphatic heterocycles. The van der Waals surface area contributed by atoms with Gasteiger partial charge < -0.3 is 5.32 Å². The van der Waals surface area contributed by atoms with Crippen LogP contribution in [0.15, 0.2) is 0 Å². The van der Waals surface area contributed by atoms with E-state index in [0.29, 0.717) is 0 Å². The molecule has 1 nitrogen and oxygen atoms in total. The van der Waals surface area contributed by atoms with Gasteiger partial charge in [0.05, 0.1) is 0 Å². The van der Waals surface area contributed by atoms with Crippen molar-refractivity contribution in [1.29, 1.82) is 0 Å². The van der Waals surface area contributed by atoms with E-state index in [9.17, 15) is 0 Å². The van der Waals surface area contributed by atoms with Gasteiger partial charge in [-0.15, -0.1) is 0 Å². The second kappa shape index (κ2) is 4.65. The van der Waals surface area contributed by atoms with E-state index in [1.165, 1.54) is 44.9 Å². The second-order valence-corrected chi connectivity index (χ2v) is 5.52. The quantitative estimate of drug-likeness (QED) is 0.712. The van der Waals surface area contributed by atoms with Crippen LogP contribution in [0, 0.1) is 11.8 Å². The molecular weight excluding hydrogens is 170 g/mol. The summed E-state index contributed by atoms with van der Waals surface area (Å²) in [6, 6.07) is 1.68. The summed E-state index contributed by atoms with van der Waals surface area (Å²) in [5.74, 6) is 1.83. The molecule has 2 fully saturated rings. The summed E-state index contributed by atoms with van der Waals surface area (Å²) in [5, 5.41) is 3.90. The zero-order valence-electron chi connectivity index (χ0n) is 9.76. The predicted molar refractivity (Wildman–Crippen MR) is 61.4 cm³/mol. The molecule has 2 aliphatic carbocycles. The van der Waals surface area contributed by atoms with Gasteiger partial charge in [0, 0.05) is 12.1 Å². The zero-order chi connectivity index (χ0) is 9.97. The Morgan fingerprint density at radius 3 is 2.29 bits per heavy atom. The average Bonchev–Trinajstić information content (AvgIpc) is 2.66. The van der Waals surface area contributed by atoms with Gasteiger partial charge in [-0.2, -0.15) is 0 Å². The molecule has 0 amide bonds. The molecule has 3 atom stereocenters. The number of rotatable bonds is 2. The molecule has 0 bridgehead atoms. The molecule has 2 rings (SSSR count). The highest BCUT2D eigenvalue weighted by Crippen LogP contribution is 2.31. The van der Waals surface area contributed by atoms with Crippen LogP contribution < -0.4 is 5.32 Å². The highest BCUT2D eigenvalue weighted by Gasteiger charge is 2.29. The molecule has 14 heavy (non-hydrogen) atoms. The predicted octanol–water partition coefficient (Wildman–Crippen LogP) is 3.34. The van der Waals surface area contributed by atoms with E-state index in [-0.39, 0.29) is 0 Å². The first-order chi connectivity index (χ1) is 6.77. The summed E-state index contributed by atoms with van der Waals surface area (Å²) in [5.41, 5.74) is 0. The zero-order valence-corrected chi connectivity index (χ0v) is 9.76. The Balaban J connectivity index is 1.83. The largest absolute Gasteiger partial charge is 0.311 e. The Bertz CT molecular complexity index is 172. The Labute approximate surface area is 88.7 Å². The summed E-state index contributed by atoms with van der Waals surface area (Å²) in [4.78, 5) is 0. The third-order valence-corrected chi connectivity index (χ3v) is 4.51. The first kappa shape index (κ1) is 10.5. The maximum atomic E-state index is 3.90. The Morgan fingerprint density at radius 1 is 0.857 bits per heavy atom. The van der Waals surface area contributed by atoms with Crippen LogP contribution >= 0.6 is 0 Å². The lowest BCUT2D eigenvalue weighted by Gasteiger charge is -2.36. The van der Waals surface area contributed by atoms with Gasteiger partial charge in [0.25, 0.3) is 0 Å². The molecule has 0 aromatic rings. The summed E-state index contributed by atoms with van der Waals surface area (Å²) in [7, 11) is 0. The van der Waals surface area contributed by atoms with Crippen LogP contribution in [0.1, 0.15) is 58.8 Å². The highest BCUT2D eigenvalue weighted by molar-refractivity contribution is 4.86. The lowest BCUT2D eigenvalue weighted by atomic mass is 9.78. The topological polar surface area (TPSA) is 12.0 Å². The van der Waals surface area contributed by atoms with E-state index in [1.54, 1.807) is 0 Å². The van der Waals surface area contributed by atoms with Crippen molar-refractivity contribution >= 4 is 0 Å². The van der Waals surface area contributed by atoms with Crippen LogP contribution in [0.2, 0.25) is 0 Å². The average molecular weight is 195 g/mol. The maximum Gasteiger partial charge on any atom is 0.00978 e. The van der Waals surface area contributed by atoms with Crippen molar-refractivity contribution < 1.29 is 0 Å². The van der Waals surface area contributed by atoms with Gasteiger partial charge in [-0.25, -0.2) is 0 Å². The van der Waals surface area contributed by atoms with Gasteiger partial charge in [-0.1, -0.05) is 39.5 Å². The number of hydrogen-bond acceptors (Lipinski definition) is 1. The van der Waals surface area contributed by atoms with Gasteiger partial charge in [-0.05, 0) is 31.1 Å². The van der Waals surface area contributed by atoms with Crippen molar-refractivity contribution in [2.24, 2.45) is 11.8 Å². The smallest absolute Gasteiger partial charge is 0.00978 e. The molecule has 1 heteroatoms. The first-order valence-electron chi connectivity index (χ1n) is 6.53. The number of hydrogen-bond donors (Lipinski definition) is 1. The SMILES string of the molecule is CC1CCCC(NC2CCCC2)C1C. The van der Waals surface area contributed by atoms with E-state index in [2.05, 4.69) is 19.2 Å². The minimum Gasteiger partial charge on any atom is -0.311 e. The summed E-state index contributed by atoms with van der Waals surface area (Å²) < 4.78 is 0. The molecule has 0 heterocycles. The van der Waals surface area contributed by atoms with Gasteiger partial charge >= 0.3 is 0 Å². The maximum absolute atomic E-state index is 3.90. The summed E-state index contributed by atoms with van der Waals surface area (Å²) in [6.07, 6.45) is 10.1. The Morgan fingerprint density at radius 2 is 1.57 bits per heavy atom. The van der Waals surface area contributed by atoms with Crippen molar-refractivity contribution in [1.82, 2.24) is 5.32 Å². The third-order valence-electron chi connectivity index (χ3n) is 4.51. The van der Waals surface area contributed by atoms with E-state index >= 15 is 0 Å². The second-order valence-electron chi connectivity index (χ2n) is 5.52. The van der Waals surface area contributed by atoms with Crippen molar-refractivity contribution in [3.63, 3.8) is 0 Å². The van der Waals surface area contributed by atoms with E-state index in [0.717, 1.165) is 23.9 Å². The number of nitrogens with one attached hydrogen (secondary N) is 1. The van der Waals surface area contributed by atoms with Crippen LogP contribution in [0.25, 0.3) is 0 Å². The fraction of sp³-hybridized carbons (Fsp3) is 1.00. The van der Waals surface area contributed by atoms with Gasteiger partial charge in [0.2, 0.25) is 0 Å². The molecule has 2 saturated carbocycles. The molecule has 82 valence electrons. The standard InChI is InChI=1S/C13H25N/c1-10-6-5-9-13(11(10)2)14-12-7-3-4-8-12/h10-14H,3-9H2,1-2H3. The van der Waals surface area contributed by atoms with Crippen LogP contribution in [-0.2, 0) is 0 Å². The minimum atomic E-state index is 0.821. The van der Waals surface area contributed by atoms with Crippen LogP contribution in [-0.4, -0.2) is 12.1 Å². The fourth-order valence-corrected chi connectivity index (χ4v) is 3.21. The molecule has 1 N–H and O–H groups in total. The molecule has 0 spiro atoms.